The minimum atomic E-state index is -3.42. The average Bonchev–Trinajstić information content (AvgIpc) is 3.49. The van der Waals surface area contributed by atoms with E-state index in [1.54, 1.807) is 24.6 Å². The van der Waals surface area contributed by atoms with Gasteiger partial charge in [0.15, 0.2) is 0 Å². The molecule has 4 atom stereocenters. The van der Waals surface area contributed by atoms with E-state index in [2.05, 4.69) is 15.7 Å². The van der Waals surface area contributed by atoms with E-state index in [0.717, 1.165) is 42.9 Å². The number of thiophene rings is 1. The lowest BCUT2D eigenvalue weighted by Crippen LogP contribution is -2.56. The molecule has 3 fully saturated rings. The van der Waals surface area contributed by atoms with Gasteiger partial charge >= 0.3 is 0 Å². The molecule has 5 heterocycles. The number of aromatic nitrogens is 2. The van der Waals surface area contributed by atoms with Gasteiger partial charge in [-0.3, -0.25) is 9.58 Å². The molecule has 32 heavy (non-hydrogen) atoms. The Morgan fingerprint density at radius 2 is 2.06 bits per heavy atom. The molecular weight excluding hydrogens is 444 g/mol. The summed E-state index contributed by atoms with van der Waals surface area (Å²) in [5.41, 5.74) is 3.31. The second-order valence-corrected chi connectivity index (χ2v) is 11.6. The van der Waals surface area contributed by atoms with Gasteiger partial charge in [0.2, 0.25) is 10.0 Å². The molecule has 9 heteroatoms. The van der Waals surface area contributed by atoms with E-state index < -0.39 is 10.0 Å². The Morgan fingerprint density at radius 3 is 2.72 bits per heavy atom. The van der Waals surface area contributed by atoms with Gasteiger partial charge in [-0.2, -0.15) is 5.10 Å². The van der Waals surface area contributed by atoms with E-state index >= 15 is 0 Å². The second kappa shape index (κ2) is 8.62. The van der Waals surface area contributed by atoms with Crippen LogP contribution in [0.4, 0.5) is 0 Å². The molecule has 1 N–H and O–H groups in total. The minimum Gasteiger partial charge on any atom is -0.497 e. The van der Waals surface area contributed by atoms with Crippen LogP contribution < -0.4 is 9.46 Å². The van der Waals surface area contributed by atoms with Crippen molar-refractivity contribution < 1.29 is 13.2 Å². The van der Waals surface area contributed by atoms with Crippen LogP contribution in [0.2, 0.25) is 0 Å². The number of ether oxygens (including phenoxy) is 1. The predicted molar refractivity (Wildman–Crippen MR) is 126 cm³/mol. The highest BCUT2D eigenvalue weighted by Crippen LogP contribution is 2.42. The lowest BCUT2D eigenvalue weighted by atomic mass is 9.74. The van der Waals surface area contributed by atoms with Crippen LogP contribution in [0.5, 0.6) is 5.75 Å². The van der Waals surface area contributed by atoms with Crippen molar-refractivity contribution in [3.8, 4) is 17.0 Å². The van der Waals surface area contributed by atoms with Gasteiger partial charge in [-0.1, -0.05) is 6.07 Å². The normalized spacial score (nSPS) is 25.2. The molecular formula is C23H28N4O3S2. The molecule has 3 aromatic rings. The monoisotopic (exact) mass is 472 g/mol. The van der Waals surface area contributed by atoms with Crippen molar-refractivity contribution in [2.75, 3.05) is 26.7 Å². The summed E-state index contributed by atoms with van der Waals surface area (Å²) < 4.78 is 35.5. The Kier molecular flexibility index (Phi) is 5.83. The molecule has 170 valence electrons. The first-order chi connectivity index (χ1) is 15.4. The zero-order valence-corrected chi connectivity index (χ0v) is 19.9. The van der Waals surface area contributed by atoms with E-state index in [4.69, 9.17) is 9.84 Å². The van der Waals surface area contributed by atoms with Gasteiger partial charge in [0.25, 0.3) is 0 Å². The van der Waals surface area contributed by atoms with Crippen LogP contribution in [-0.4, -0.2) is 55.9 Å². The Hall–Kier alpha value is -2.20. The van der Waals surface area contributed by atoms with Crippen LogP contribution in [-0.2, 0) is 17.1 Å². The third-order valence-electron chi connectivity index (χ3n) is 6.83. The number of fused-ring (bicyclic) bond motifs is 3. The van der Waals surface area contributed by atoms with Crippen LogP contribution in [0.1, 0.15) is 24.5 Å². The fourth-order valence-electron chi connectivity index (χ4n) is 5.11. The second-order valence-electron chi connectivity index (χ2n) is 8.63. The Bertz CT molecular complexity index is 1170. The average molecular weight is 473 g/mol. The molecule has 2 bridgehead atoms. The molecule has 1 unspecified atom stereocenters. The Morgan fingerprint density at radius 1 is 1.25 bits per heavy atom. The molecule has 3 aliphatic heterocycles. The van der Waals surface area contributed by atoms with Crippen molar-refractivity contribution in [1.82, 2.24) is 19.4 Å². The summed E-state index contributed by atoms with van der Waals surface area (Å²) in [6.07, 6.45) is 2.14. The van der Waals surface area contributed by atoms with Crippen LogP contribution >= 0.6 is 11.3 Å². The summed E-state index contributed by atoms with van der Waals surface area (Å²) in [6.45, 7) is 2.43. The van der Waals surface area contributed by atoms with E-state index in [1.807, 2.05) is 36.0 Å². The van der Waals surface area contributed by atoms with Crippen LogP contribution in [0.15, 0.2) is 52.1 Å². The van der Waals surface area contributed by atoms with Gasteiger partial charge in [0, 0.05) is 43.4 Å². The first-order valence-electron chi connectivity index (χ1n) is 10.9. The maximum Gasteiger partial charge on any atom is 0.250 e. The standard InChI is InChI=1S/C23H28N4O3S2/c1-26-22(13-21(25-26)16-5-7-19(30-2)8-6-16)20-15-27-10-9-17(20)12-18(27)14-24-32(28,29)23-4-3-11-31-23/h3-8,11,13,17-18,20,24H,9-10,12,14-15H2,1-2H3/t17-,18+,20-/m0/s1. The Labute approximate surface area is 193 Å². The molecule has 0 radical (unpaired) electrons. The summed E-state index contributed by atoms with van der Waals surface area (Å²) >= 11 is 1.25. The highest BCUT2D eigenvalue weighted by Gasteiger charge is 2.42. The SMILES string of the molecule is COc1ccc(-c2cc([C@H]3CN4CC[C@H]3C[C@@H]4CNS(=O)(=O)c3cccs3)n(C)n2)cc1. The first-order valence-corrected chi connectivity index (χ1v) is 13.3. The molecule has 0 saturated carbocycles. The molecule has 3 saturated heterocycles. The van der Waals surface area contributed by atoms with E-state index in [9.17, 15) is 8.42 Å². The van der Waals surface area contributed by atoms with Crippen molar-refractivity contribution in [1.29, 1.82) is 0 Å². The van der Waals surface area contributed by atoms with Crippen LogP contribution in [0.25, 0.3) is 11.3 Å². The predicted octanol–water partition coefficient (Wildman–Crippen LogP) is 3.31. The van der Waals surface area contributed by atoms with E-state index in [-0.39, 0.29) is 6.04 Å². The number of nitrogens with one attached hydrogen (secondary N) is 1. The van der Waals surface area contributed by atoms with Gasteiger partial charge in [0.1, 0.15) is 9.96 Å². The molecule has 0 aliphatic carbocycles. The maximum atomic E-state index is 12.5. The van der Waals surface area contributed by atoms with Crippen LogP contribution in [0.3, 0.4) is 0 Å². The Balaban J connectivity index is 1.28. The number of sulfonamides is 1. The number of aryl methyl sites for hydroxylation is 1. The smallest absolute Gasteiger partial charge is 0.250 e. The third kappa shape index (κ3) is 4.10. The van der Waals surface area contributed by atoms with Gasteiger partial charge in [-0.25, -0.2) is 13.1 Å². The van der Waals surface area contributed by atoms with Gasteiger partial charge in [-0.05, 0) is 67.1 Å². The van der Waals surface area contributed by atoms with Crippen molar-refractivity contribution in [2.24, 2.45) is 13.0 Å². The summed E-state index contributed by atoms with van der Waals surface area (Å²) in [6, 6.07) is 13.9. The molecule has 3 aliphatic rings. The maximum absolute atomic E-state index is 12.5. The minimum absolute atomic E-state index is 0.244. The number of nitrogens with zero attached hydrogens (tertiary/aromatic N) is 3. The van der Waals surface area contributed by atoms with Crippen LogP contribution in [0, 0.1) is 5.92 Å². The lowest BCUT2D eigenvalue weighted by molar-refractivity contribution is 0.0306. The number of hydrogen-bond acceptors (Lipinski definition) is 6. The molecule has 7 nitrogen and oxygen atoms in total. The number of benzene rings is 1. The highest BCUT2D eigenvalue weighted by atomic mass is 32.2. The highest BCUT2D eigenvalue weighted by molar-refractivity contribution is 7.91. The molecule has 0 spiro atoms. The lowest BCUT2D eigenvalue weighted by Gasteiger charge is -2.49. The third-order valence-corrected chi connectivity index (χ3v) is 9.65. The fraction of sp³-hybridized carbons (Fsp3) is 0.435. The van der Waals surface area contributed by atoms with Crippen molar-refractivity contribution in [2.45, 2.75) is 29.0 Å². The molecule has 2 aromatic heterocycles. The molecule has 1 aromatic carbocycles. The number of rotatable bonds is 7. The zero-order valence-electron chi connectivity index (χ0n) is 18.3. The number of piperidine rings is 3. The fourth-order valence-corrected chi connectivity index (χ4v) is 7.22. The van der Waals surface area contributed by atoms with E-state index in [1.165, 1.54) is 17.0 Å². The summed E-state index contributed by atoms with van der Waals surface area (Å²) in [5, 5.41) is 6.57. The molecule has 6 rings (SSSR count). The largest absolute Gasteiger partial charge is 0.497 e. The van der Waals surface area contributed by atoms with Gasteiger partial charge < -0.3 is 4.74 Å². The molecule has 0 amide bonds. The van der Waals surface area contributed by atoms with Crippen molar-refractivity contribution in [3.05, 3.63) is 53.5 Å². The van der Waals surface area contributed by atoms with Crippen molar-refractivity contribution in [3.63, 3.8) is 0 Å². The summed E-state index contributed by atoms with van der Waals surface area (Å²) in [5.74, 6) is 1.79. The van der Waals surface area contributed by atoms with Gasteiger partial charge in [0.05, 0.1) is 12.8 Å². The summed E-state index contributed by atoms with van der Waals surface area (Å²) in [7, 11) is 0.270. The number of hydrogen-bond donors (Lipinski definition) is 1. The van der Waals surface area contributed by atoms with E-state index in [0.29, 0.717) is 22.6 Å². The number of methoxy groups -OCH3 is 1. The van der Waals surface area contributed by atoms with Gasteiger partial charge in [-0.15, -0.1) is 11.3 Å². The van der Waals surface area contributed by atoms with Crippen molar-refractivity contribution >= 4 is 21.4 Å². The summed E-state index contributed by atoms with van der Waals surface area (Å²) in [4.78, 5) is 2.45. The topological polar surface area (TPSA) is 76.5 Å². The zero-order chi connectivity index (χ0) is 22.3. The quantitative estimate of drug-likeness (QED) is 0.571. The first kappa shape index (κ1) is 21.6.